The summed E-state index contributed by atoms with van der Waals surface area (Å²) in [6, 6.07) is 6.00. The summed E-state index contributed by atoms with van der Waals surface area (Å²) < 4.78 is 4.93. The van der Waals surface area contributed by atoms with Crippen molar-refractivity contribution in [3.05, 3.63) is 62.0 Å². The SMILES string of the molecule is CC[NH+]1CCc2c(sc(NC(=O)C=Cc3cccc([N+](=O)[O-])c3)c2C(=O)OC)C1. The number of benzene rings is 1. The lowest BCUT2D eigenvalue weighted by Crippen LogP contribution is -3.11. The molecule has 1 atom stereocenters. The van der Waals surface area contributed by atoms with Crippen molar-refractivity contribution in [1.82, 2.24) is 0 Å². The highest BCUT2D eigenvalue weighted by molar-refractivity contribution is 7.17. The van der Waals surface area contributed by atoms with Crippen molar-refractivity contribution in [1.29, 1.82) is 0 Å². The van der Waals surface area contributed by atoms with Crippen molar-refractivity contribution in [2.45, 2.75) is 19.9 Å². The third-order valence-corrected chi connectivity index (χ3v) is 6.01. The number of esters is 1. The number of nitrogens with zero attached hydrogens (tertiary/aromatic N) is 1. The van der Waals surface area contributed by atoms with Crippen molar-refractivity contribution in [2.75, 3.05) is 25.5 Å². The van der Waals surface area contributed by atoms with Gasteiger partial charge in [0.1, 0.15) is 11.5 Å². The quantitative estimate of drug-likeness (QED) is 0.325. The number of anilines is 1. The van der Waals surface area contributed by atoms with Crippen molar-refractivity contribution in [3.8, 4) is 0 Å². The standard InChI is InChI=1S/C20H21N3O5S/c1-3-22-10-9-15-16(12-22)29-19(18(15)20(25)28-2)21-17(24)8-7-13-5-4-6-14(11-13)23(26)27/h4-8,11H,3,9-10,12H2,1-2H3,(H,21,24)/p+1. The first-order valence-corrected chi connectivity index (χ1v) is 10.0. The Hall–Kier alpha value is -3.04. The largest absolute Gasteiger partial charge is 0.465 e. The van der Waals surface area contributed by atoms with Gasteiger partial charge in [-0.3, -0.25) is 14.9 Å². The van der Waals surface area contributed by atoms with Gasteiger partial charge in [-0.2, -0.15) is 0 Å². The lowest BCUT2D eigenvalue weighted by Gasteiger charge is -2.22. The minimum absolute atomic E-state index is 0.0468. The topological polar surface area (TPSA) is 103 Å². The fourth-order valence-electron chi connectivity index (χ4n) is 3.31. The molecule has 0 fully saturated rings. The number of hydrogen-bond donors (Lipinski definition) is 2. The molecular formula is C20H22N3O5S+. The third-order valence-electron chi connectivity index (χ3n) is 4.86. The second kappa shape index (κ2) is 8.97. The van der Waals surface area contributed by atoms with Crippen LogP contribution < -0.4 is 10.2 Å². The molecule has 2 N–H and O–H groups in total. The lowest BCUT2D eigenvalue weighted by molar-refractivity contribution is -0.913. The summed E-state index contributed by atoms with van der Waals surface area (Å²) in [5.41, 5.74) is 1.88. The van der Waals surface area contributed by atoms with Gasteiger partial charge in [-0.1, -0.05) is 12.1 Å². The Balaban J connectivity index is 1.81. The van der Waals surface area contributed by atoms with E-state index in [-0.39, 0.29) is 5.69 Å². The van der Waals surface area contributed by atoms with Crippen molar-refractivity contribution in [3.63, 3.8) is 0 Å². The molecular weight excluding hydrogens is 394 g/mol. The molecule has 152 valence electrons. The molecule has 1 aliphatic heterocycles. The van der Waals surface area contributed by atoms with E-state index in [2.05, 4.69) is 12.2 Å². The minimum atomic E-state index is -0.488. The number of nitro benzene ring substituents is 1. The zero-order valence-electron chi connectivity index (χ0n) is 16.2. The van der Waals surface area contributed by atoms with E-state index in [1.54, 1.807) is 12.1 Å². The van der Waals surface area contributed by atoms with E-state index in [0.717, 1.165) is 36.5 Å². The van der Waals surface area contributed by atoms with Crippen LogP contribution in [0.3, 0.4) is 0 Å². The summed E-state index contributed by atoms with van der Waals surface area (Å²) in [6.07, 6.45) is 3.55. The molecule has 1 aromatic heterocycles. The first kappa shape index (κ1) is 20.7. The van der Waals surface area contributed by atoms with Gasteiger partial charge >= 0.3 is 5.97 Å². The number of rotatable bonds is 6. The van der Waals surface area contributed by atoms with Crippen molar-refractivity contribution in [2.24, 2.45) is 0 Å². The molecule has 0 saturated carbocycles. The summed E-state index contributed by atoms with van der Waals surface area (Å²) in [5, 5.41) is 14.1. The number of carbonyl (C=O) groups excluding carboxylic acids is 2. The number of hydrogen-bond acceptors (Lipinski definition) is 6. The Morgan fingerprint density at radius 2 is 2.21 bits per heavy atom. The van der Waals surface area contributed by atoms with Gasteiger partial charge in [-0.05, 0) is 24.1 Å². The van der Waals surface area contributed by atoms with Gasteiger partial charge in [0.15, 0.2) is 0 Å². The molecule has 9 heteroatoms. The highest BCUT2D eigenvalue weighted by Crippen LogP contribution is 2.35. The van der Waals surface area contributed by atoms with Gasteiger partial charge in [-0.25, -0.2) is 4.79 Å². The molecule has 2 aromatic rings. The van der Waals surface area contributed by atoms with Crippen LogP contribution in [0.1, 0.15) is 33.3 Å². The smallest absolute Gasteiger partial charge is 0.341 e. The zero-order chi connectivity index (χ0) is 21.0. The van der Waals surface area contributed by atoms with Gasteiger partial charge in [0, 0.05) is 24.6 Å². The molecule has 1 unspecified atom stereocenters. The normalized spacial score (nSPS) is 15.7. The molecule has 0 spiro atoms. The molecule has 0 radical (unpaired) electrons. The van der Waals surface area contributed by atoms with Gasteiger partial charge in [0.25, 0.3) is 5.69 Å². The zero-order valence-corrected chi connectivity index (χ0v) is 17.0. The molecule has 3 rings (SSSR count). The molecule has 0 bridgehead atoms. The maximum Gasteiger partial charge on any atom is 0.341 e. The summed E-state index contributed by atoms with van der Waals surface area (Å²) in [6.45, 7) is 4.87. The average Bonchev–Trinajstić information content (AvgIpc) is 3.08. The number of nitro groups is 1. The van der Waals surface area contributed by atoms with E-state index in [4.69, 9.17) is 4.74 Å². The fraction of sp³-hybridized carbons (Fsp3) is 0.300. The molecule has 1 aliphatic rings. The average molecular weight is 416 g/mol. The number of ether oxygens (including phenoxy) is 1. The highest BCUT2D eigenvalue weighted by atomic mass is 32.1. The molecule has 0 saturated heterocycles. The number of quaternary nitrogens is 1. The molecule has 29 heavy (non-hydrogen) atoms. The maximum atomic E-state index is 12.4. The van der Waals surface area contributed by atoms with Gasteiger partial charge in [0.2, 0.25) is 5.91 Å². The van der Waals surface area contributed by atoms with E-state index in [9.17, 15) is 19.7 Å². The number of carbonyl (C=O) groups is 2. The number of fused-ring (bicyclic) bond motifs is 1. The molecule has 1 amide bonds. The second-order valence-electron chi connectivity index (χ2n) is 6.65. The maximum absolute atomic E-state index is 12.4. The van der Waals surface area contributed by atoms with Crippen LogP contribution in [0.15, 0.2) is 30.3 Å². The molecule has 1 aromatic carbocycles. The number of thiophene rings is 1. The van der Waals surface area contributed by atoms with E-state index in [1.165, 1.54) is 47.6 Å². The van der Waals surface area contributed by atoms with E-state index in [1.807, 2.05) is 0 Å². The Kier molecular flexibility index (Phi) is 6.40. The van der Waals surface area contributed by atoms with E-state index >= 15 is 0 Å². The summed E-state index contributed by atoms with van der Waals surface area (Å²) in [7, 11) is 1.33. The van der Waals surface area contributed by atoms with Crippen LogP contribution in [-0.2, 0) is 22.5 Å². The van der Waals surface area contributed by atoms with E-state index in [0.29, 0.717) is 16.1 Å². The Morgan fingerprint density at radius 3 is 2.90 bits per heavy atom. The summed E-state index contributed by atoms with van der Waals surface area (Å²) in [5.74, 6) is -0.875. The molecule has 0 aliphatic carbocycles. The Labute approximate surface area is 171 Å². The first-order valence-electron chi connectivity index (χ1n) is 9.22. The molecule has 8 nitrogen and oxygen atoms in total. The Bertz CT molecular complexity index is 982. The summed E-state index contributed by atoms with van der Waals surface area (Å²) in [4.78, 5) is 37.6. The number of methoxy groups -OCH3 is 1. The predicted molar refractivity (Wildman–Crippen MR) is 110 cm³/mol. The third kappa shape index (κ3) is 4.69. The lowest BCUT2D eigenvalue weighted by atomic mass is 10.0. The van der Waals surface area contributed by atoms with Crippen LogP contribution >= 0.6 is 11.3 Å². The van der Waals surface area contributed by atoms with Gasteiger partial charge in [0.05, 0.1) is 35.6 Å². The fourth-order valence-corrected chi connectivity index (χ4v) is 4.62. The number of amides is 1. The monoisotopic (exact) mass is 416 g/mol. The van der Waals surface area contributed by atoms with E-state index < -0.39 is 16.8 Å². The van der Waals surface area contributed by atoms with Crippen molar-refractivity contribution >= 4 is 40.0 Å². The van der Waals surface area contributed by atoms with Gasteiger partial charge < -0.3 is 15.0 Å². The number of non-ortho nitro benzene ring substituents is 1. The minimum Gasteiger partial charge on any atom is -0.465 e. The van der Waals surface area contributed by atoms with Crippen LogP contribution in [0.4, 0.5) is 10.7 Å². The second-order valence-corrected chi connectivity index (χ2v) is 7.76. The number of likely N-dealkylation sites (N-methyl/N-ethyl adjacent to an activating group) is 1. The molecule has 2 heterocycles. The van der Waals surface area contributed by atoms with Crippen LogP contribution in [0, 0.1) is 10.1 Å². The highest BCUT2D eigenvalue weighted by Gasteiger charge is 2.30. The first-order chi connectivity index (χ1) is 13.9. The Morgan fingerprint density at radius 1 is 1.41 bits per heavy atom. The van der Waals surface area contributed by atoms with Crippen LogP contribution in [0.25, 0.3) is 6.08 Å². The summed E-state index contributed by atoms with van der Waals surface area (Å²) >= 11 is 1.40. The van der Waals surface area contributed by atoms with Crippen LogP contribution in [0.2, 0.25) is 0 Å². The number of nitrogens with one attached hydrogen (secondary N) is 2. The van der Waals surface area contributed by atoms with Crippen LogP contribution in [-0.4, -0.2) is 37.0 Å². The van der Waals surface area contributed by atoms with Gasteiger partial charge in [-0.15, -0.1) is 11.3 Å². The van der Waals surface area contributed by atoms with Crippen molar-refractivity contribution < 1.29 is 24.1 Å². The predicted octanol–water partition coefficient (Wildman–Crippen LogP) is 2.06. The van der Waals surface area contributed by atoms with Crippen LogP contribution in [0.5, 0.6) is 0 Å².